The van der Waals surface area contributed by atoms with E-state index in [2.05, 4.69) is 20.4 Å². The van der Waals surface area contributed by atoms with Crippen molar-refractivity contribution in [3.63, 3.8) is 0 Å². The van der Waals surface area contributed by atoms with Crippen molar-refractivity contribution in [2.45, 2.75) is 43.9 Å². The van der Waals surface area contributed by atoms with E-state index in [4.69, 9.17) is 0 Å². The van der Waals surface area contributed by atoms with Crippen LogP contribution in [0.2, 0.25) is 0 Å². The molecule has 9 heteroatoms. The Hall–Kier alpha value is -2.45. The number of halogens is 3. The third-order valence-electron chi connectivity index (χ3n) is 4.09. The second kappa shape index (κ2) is 6.58. The summed E-state index contributed by atoms with van der Waals surface area (Å²) in [6, 6.07) is 4.01. The maximum atomic E-state index is 12.7. The summed E-state index contributed by atoms with van der Waals surface area (Å²) in [6.07, 6.45) is 0.891. The first kappa shape index (κ1) is 16.4. The Balaban J connectivity index is 1.62. The summed E-state index contributed by atoms with van der Waals surface area (Å²) in [7, 11) is 0. The average Bonchev–Trinajstić information content (AvgIpc) is 2.56. The molecule has 0 bridgehead atoms. The van der Waals surface area contributed by atoms with Crippen molar-refractivity contribution >= 4 is 5.82 Å². The van der Waals surface area contributed by atoms with Crippen LogP contribution < -0.4 is 10.9 Å². The summed E-state index contributed by atoms with van der Waals surface area (Å²) in [6.45, 7) is 0. The van der Waals surface area contributed by atoms with E-state index in [1.165, 1.54) is 10.7 Å². The number of rotatable bonds is 3. The molecule has 1 fully saturated rings. The van der Waals surface area contributed by atoms with Gasteiger partial charge < -0.3 is 5.32 Å². The largest absolute Gasteiger partial charge is 0.433 e. The van der Waals surface area contributed by atoms with Gasteiger partial charge in [-0.1, -0.05) is 0 Å². The standard InChI is InChI=1S/C15H16F3N5O/c16-15(17,18)12-8-13(20-9-19-12)22-10-3-5-11(6-4-10)23-14(24)2-1-7-21-23/h1-2,7-11H,3-6H2,(H,19,20,22). The van der Waals surface area contributed by atoms with Crippen molar-refractivity contribution in [2.75, 3.05) is 5.32 Å². The van der Waals surface area contributed by atoms with Crippen LogP contribution in [-0.2, 0) is 6.18 Å². The number of hydrogen-bond acceptors (Lipinski definition) is 5. The van der Waals surface area contributed by atoms with Gasteiger partial charge in [0.05, 0.1) is 6.04 Å². The quantitative estimate of drug-likeness (QED) is 0.931. The summed E-state index contributed by atoms with van der Waals surface area (Å²) in [5.41, 5.74) is -1.10. The Bertz CT molecular complexity index is 753. The minimum Gasteiger partial charge on any atom is -0.367 e. The molecule has 1 aliphatic rings. The van der Waals surface area contributed by atoms with Gasteiger partial charge in [-0.3, -0.25) is 4.79 Å². The normalized spacial score (nSPS) is 21.5. The number of nitrogens with one attached hydrogen (secondary N) is 1. The van der Waals surface area contributed by atoms with Crippen molar-refractivity contribution in [3.05, 3.63) is 46.8 Å². The van der Waals surface area contributed by atoms with E-state index in [0.717, 1.165) is 38.1 Å². The van der Waals surface area contributed by atoms with Gasteiger partial charge in [0, 0.05) is 24.4 Å². The van der Waals surface area contributed by atoms with Gasteiger partial charge in [0.1, 0.15) is 17.8 Å². The summed E-state index contributed by atoms with van der Waals surface area (Å²) >= 11 is 0. The zero-order chi connectivity index (χ0) is 17.2. The molecule has 2 heterocycles. The Labute approximate surface area is 135 Å². The van der Waals surface area contributed by atoms with E-state index in [0.29, 0.717) is 0 Å². The SMILES string of the molecule is O=c1cccnn1C1CCC(Nc2cc(C(F)(F)F)ncn2)CC1. The Morgan fingerprint density at radius 2 is 1.92 bits per heavy atom. The highest BCUT2D eigenvalue weighted by Crippen LogP contribution is 2.30. The first-order valence-corrected chi connectivity index (χ1v) is 7.63. The number of hydrogen-bond donors (Lipinski definition) is 1. The Morgan fingerprint density at radius 3 is 2.58 bits per heavy atom. The van der Waals surface area contributed by atoms with E-state index < -0.39 is 11.9 Å². The molecule has 6 nitrogen and oxygen atoms in total. The highest BCUT2D eigenvalue weighted by atomic mass is 19.4. The lowest BCUT2D eigenvalue weighted by Crippen LogP contribution is -2.33. The van der Waals surface area contributed by atoms with Crippen LogP contribution in [0.25, 0.3) is 0 Å². The van der Waals surface area contributed by atoms with Gasteiger partial charge in [-0.2, -0.15) is 18.3 Å². The van der Waals surface area contributed by atoms with E-state index in [9.17, 15) is 18.0 Å². The number of alkyl halides is 3. The fourth-order valence-corrected chi connectivity index (χ4v) is 2.91. The highest BCUT2D eigenvalue weighted by molar-refractivity contribution is 5.36. The highest BCUT2D eigenvalue weighted by Gasteiger charge is 2.33. The van der Waals surface area contributed by atoms with Crippen molar-refractivity contribution in [1.82, 2.24) is 19.7 Å². The van der Waals surface area contributed by atoms with E-state index in [1.807, 2.05) is 0 Å². The minimum atomic E-state index is -4.49. The third-order valence-corrected chi connectivity index (χ3v) is 4.09. The molecule has 0 spiro atoms. The fourth-order valence-electron chi connectivity index (χ4n) is 2.91. The molecule has 1 N–H and O–H groups in total. The van der Waals surface area contributed by atoms with Crippen LogP contribution in [-0.4, -0.2) is 25.8 Å². The Morgan fingerprint density at radius 1 is 1.17 bits per heavy atom. The van der Waals surface area contributed by atoms with Gasteiger partial charge >= 0.3 is 6.18 Å². The van der Waals surface area contributed by atoms with Gasteiger partial charge in [0.15, 0.2) is 0 Å². The summed E-state index contributed by atoms with van der Waals surface area (Å²) < 4.78 is 39.5. The summed E-state index contributed by atoms with van der Waals surface area (Å²) in [5.74, 6) is 0.163. The first-order valence-electron chi connectivity index (χ1n) is 7.63. The molecule has 0 radical (unpaired) electrons. The van der Waals surface area contributed by atoms with Crippen molar-refractivity contribution in [3.8, 4) is 0 Å². The molecule has 3 rings (SSSR count). The molecule has 1 aliphatic carbocycles. The fraction of sp³-hybridized carbons (Fsp3) is 0.467. The molecule has 0 unspecified atom stereocenters. The van der Waals surface area contributed by atoms with Gasteiger partial charge in [0.2, 0.25) is 0 Å². The smallest absolute Gasteiger partial charge is 0.367 e. The predicted molar refractivity (Wildman–Crippen MR) is 80.4 cm³/mol. The zero-order valence-electron chi connectivity index (χ0n) is 12.7. The van der Waals surface area contributed by atoms with Gasteiger partial charge in [-0.25, -0.2) is 14.6 Å². The van der Waals surface area contributed by atoms with E-state index in [1.54, 1.807) is 12.3 Å². The topological polar surface area (TPSA) is 72.7 Å². The molecular weight excluding hydrogens is 323 g/mol. The molecule has 0 atom stereocenters. The molecule has 1 saturated carbocycles. The second-order valence-corrected chi connectivity index (χ2v) is 5.74. The van der Waals surface area contributed by atoms with E-state index >= 15 is 0 Å². The summed E-state index contributed by atoms with van der Waals surface area (Å²) in [4.78, 5) is 18.9. The molecule has 2 aromatic heterocycles. The Kier molecular flexibility index (Phi) is 4.50. The molecule has 24 heavy (non-hydrogen) atoms. The van der Waals surface area contributed by atoms with Crippen LogP contribution in [0.15, 0.2) is 35.5 Å². The first-order chi connectivity index (χ1) is 11.4. The van der Waals surface area contributed by atoms with Crippen LogP contribution in [0, 0.1) is 0 Å². The van der Waals surface area contributed by atoms with Crippen LogP contribution in [0.5, 0.6) is 0 Å². The molecule has 0 saturated heterocycles. The molecule has 2 aromatic rings. The minimum absolute atomic E-state index is 0.0108. The number of anilines is 1. The second-order valence-electron chi connectivity index (χ2n) is 5.74. The maximum absolute atomic E-state index is 12.7. The van der Waals surface area contributed by atoms with Crippen molar-refractivity contribution < 1.29 is 13.2 Å². The number of aromatic nitrogens is 4. The lowest BCUT2D eigenvalue weighted by atomic mass is 9.91. The lowest BCUT2D eigenvalue weighted by Gasteiger charge is -2.29. The van der Waals surface area contributed by atoms with Crippen LogP contribution in [0.3, 0.4) is 0 Å². The lowest BCUT2D eigenvalue weighted by molar-refractivity contribution is -0.141. The third kappa shape index (κ3) is 3.72. The molecule has 128 valence electrons. The molecule has 0 aromatic carbocycles. The monoisotopic (exact) mass is 339 g/mol. The van der Waals surface area contributed by atoms with Crippen molar-refractivity contribution in [2.24, 2.45) is 0 Å². The van der Waals surface area contributed by atoms with Gasteiger partial charge in [-0.05, 0) is 31.7 Å². The molecule has 0 aliphatic heterocycles. The van der Waals surface area contributed by atoms with Gasteiger partial charge in [-0.15, -0.1) is 0 Å². The summed E-state index contributed by atoms with van der Waals surface area (Å²) in [5, 5.41) is 7.11. The molecule has 0 amide bonds. The zero-order valence-corrected chi connectivity index (χ0v) is 12.7. The average molecular weight is 339 g/mol. The van der Waals surface area contributed by atoms with E-state index in [-0.39, 0.29) is 23.5 Å². The molecular formula is C15H16F3N5O. The number of nitrogens with zero attached hydrogens (tertiary/aromatic N) is 4. The maximum Gasteiger partial charge on any atom is 0.433 e. The van der Waals surface area contributed by atoms with Crippen LogP contribution in [0.4, 0.5) is 19.0 Å². The predicted octanol–water partition coefficient (Wildman–Crippen LogP) is 2.65. The van der Waals surface area contributed by atoms with Gasteiger partial charge in [0.25, 0.3) is 5.56 Å². The van der Waals surface area contributed by atoms with Crippen LogP contribution >= 0.6 is 0 Å². The van der Waals surface area contributed by atoms with Crippen molar-refractivity contribution in [1.29, 1.82) is 0 Å². The van der Waals surface area contributed by atoms with Crippen LogP contribution in [0.1, 0.15) is 37.4 Å².